The molecule has 2 N–H and O–H groups in total. The Balaban J connectivity index is 2.07. The standard InChI is InChI=1S/C14H16ClN5O6S2/c1-2-26-12(21)8-16-5-6-19(28(24)25)14-18-17-13(27-14)10-4-3-9(20(22)23)7-11(10)15/h3-4,7,16H,2,5-6,8H2,1H3,(H,24,25). The molecule has 2 aromatic rings. The third kappa shape index (κ3) is 5.90. The lowest BCUT2D eigenvalue weighted by atomic mass is 10.2. The van der Waals surface area contributed by atoms with Crippen molar-refractivity contribution in [1.82, 2.24) is 15.5 Å². The van der Waals surface area contributed by atoms with E-state index >= 15 is 0 Å². The highest BCUT2D eigenvalue weighted by atomic mass is 35.5. The SMILES string of the molecule is CCOC(=O)CNCCN(c1nnc(-c2ccc([N+](=O)[O-])cc2Cl)s1)S(=O)O. The number of nitrogens with one attached hydrogen (secondary N) is 1. The van der Waals surface area contributed by atoms with Gasteiger partial charge in [-0.2, -0.15) is 0 Å². The maximum atomic E-state index is 11.6. The fourth-order valence-electron chi connectivity index (χ4n) is 2.04. The maximum absolute atomic E-state index is 11.6. The van der Waals surface area contributed by atoms with Crippen LogP contribution in [0.15, 0.2) is 18.2 Å². The summed E-state index contributed by atoms with van der Waals surface area (Å²) in [5, 5.41) is 22.0. The summed E-state index contributed by atoms with van der Waals surface area (Å²) in [6.07, 6.45) is 0. The number of nitro groups is 1. The Morgan fingerprint density at radius 3 is 2.86 bits per heavy atom. The zero-order valence-corrected chi connectivity index (χ0v) is 16.9. The van der Waals surface area contributed by atoms with Crippen LogP contribution >= 0.6 is 22.9 Å². The third-order valence-electron chi connectivity index (χ3n) is 3.28. The smallest absolute Gasteiger partial charge is 0.319 e. The summed E-state index contributed by atoms with van der Waals surface area (Å²) in [6.45, 7) is 2.23. The number of nitro benzene ring substituents is 1. The number of carbonyl (C=O) groups excluding carboxylic acids is 1. The highest BCUT2D eigenvalue weighted by Gasteiger charge is 2.20. The molecule has 2 rings (SSSR count). The summed E-state index contributed by atoms with van der Waals surface area (Å²) >= 11 is 4.71. The molecule has 1 aromatic carbocycles. The van der Waals surface area contributed by atoms with E-state index in [2.05, 4.69) is 15.5 Å². The molecule has 1 unspecified atom stereocenters. The summed E-state index contributed by atoms with van der Waals surface area (Å²) in [4.78, 5) is 21.5. The van der Waals surface area contributed by atoms with Crippen molar-refractivity contribution in [3.63, 3.8) is 0 Å². The Labute approximate surface area is 171 Å². The molecule has 0 aliphatic heterocycles. The largest absolute Gasteiger partial charge is 0.465 e. The van der Waals surface area contributed by atoms with Gasteiger partial charge in [0.25, 0.3) is 17.0 Å². The van der Waals surface area contributed by atoms with E-state index in [0.29, 0.717) is 10.6 Å². The molecular formula is C14H16ClN5O6S2. The molecular weight excluding hydrogens is 434 g/mol. The molecule has 0 saturated carbocycles. The van der Waals surface area contributed by atoms with Crippen molar-refractivity contribution in [1.29, 1.82) is 0 Å². The van der Waals surface area contributed by atoms with E-state index in [-0.39, 0.29) is 42.1 Å². The van der Waals surface area contributed by atoms with E-state index in [1.165, 1.54) is 18.2 Å². The van der Waals surface area contributed by atoms with Crippen molar-refractivity contribution in [2.45, 2.75) is 6.92 Å². The molecule has 1 aromatic heterocycles. The number of carbonyl (C=O) groups is 1. The lowest BCUT2D eigenvalue weighted by molar-refractivity contribution is -0.384. The second kappa shape index (κ2) is 10.4. The van der Waals surface area contributed by atoms with Gasteiger partial charge in [0.15, 0.2) is 5.01 Å². The molecule has 14 heteroatoms. The minimum atomic E-state index is -2.37. The molecule has 0 aliphatic rings. The predicted molar refractivity (Wildman–Crippen MR) is 105 cm³/mol. The molecule has 0 spiro atoms. The summed E-state index contributed by atoms with van der Waals surface area (Å²) < 4.78 is 27.0. The molecule has 11 nitrogen and oxygen atoms in total. The van der Waals surface area contributed by atoms with Crippen LogP contribution in [-0.4, -0.2) is 56.1 Å². The summed E-state index contributed by atoms with van der Waals surface area (Å²) in [6, 6.07) is 3.91. The van der Waals surface area contributed by atoms with Crippen molar-refractivity contribution in [3.05, 3.63) is 33.3 Å². The highest BCUT2D eigenvalue weighted by molar-refractivity contribution is 7.81. The van der Waals surface area contributed by atoms with E-state index in [9.17, 15) is 23.7 Å². The third-order valence-corrected chi connectivity index (χ3v) is 5.42. The van der Waals surface area contributed by atoms with Crippen LogP contribution in [0.2, 0.25) is 5.02 Å². The average molecular weight is 450 g/mol. The van der Waals surface area contributed by atoms with Crippen molar-refractivity contribution >= 4 is 51.0 Å². The first-order valence-corrected chi connectivity index (χ1v) is 10.1. The average Bonchev–Trinajstić information content (AvgIpc) is 3.10. The Morgan fingerprint density at radius 2 is 2.25 bits per heavy atom. The van der Waals surface area contributed by atoms with Gasteiger partial charge in [-0.25, -0.2) is 8.51 Å². The molecule has 152 valence electrons. The fourth-order valence-corrected chi connectivity index (χ4v) is 3.90. The number of hydrogen-bond acceptors (Lipinski definition) is 9. The highest BCUT2D eigenvalue weighted by Crippen LogP contribution is 2.35. The Hall–Kier alpha value is -2.19. The number of nitrogens with zero attached hydrogens (tertiary/aromatic N) is 4. The molecule has 0 bridgehead atoms. The number of hydrogen-bond donors (Lipinski definition) is 2. The van der Waals surface area contributed by atoms with Gasteiger partial charge in [0.1, 0.15) is 0 Å². The van der Waals surface area contributed by atoms with Crippen LogP contribution in [0.25, 0.3) is 10.6 Å². The van der Waals surface area contributed by atoms with Gasteiger partial charge in [-0.15, -0.1) is 10.2 Å². The van der Waals surface area contributed by atoms with E-state index in [4.69, 9.17) is 16.3 Å². The quantitative estimate of drug-likeness (QED) is 0.182. The summed E-state index contributed by atoms with van der Waals surface area (Å²) in [5.41, 5.74) is 0.254. The summed E-state index contributed by atoms with van der Waals surface area (Å²) in [5.74, 6) is -0.426. The number of anilines is 1. The molecule has 0 amide bonds. The molecule has 0 saturated heterocycles. The van der Waals surface area contributed by atoms with Crippen LogP contribution < -0.4 is 9.62 Å². The van der Waals surface area contributed by atoms with Crippen LogP contribution in [0.4, 0.5) is 10.8 Å². The van der Waals surface area contributed by atoms with Gasteiger partial charge in [-0.1, -0.05) is 22.9 Å². The van der Waals surface area contributed by atoms with E-state index in [1.807, 2.05) is 0 Å². The topological polar surface area (TPSA) is 148 Å². The number of non-ortho nitro benzene ring substituents is 1. The minimum Gasteiger partial charge on any atom is -0.465 e. The molecule has 1 atom stereocenters. The minimum absolute atomic E-state index is 0.0283. The van der Waals surface area contributed by atoms with Crippen LogP contribution in [0.1, 0.15) is 6.92 Å². The first kappa shape index (κ1) is 22.1. The lowest BCUT2D eigenvalue weighted by Crippen LogP contribution is -2.35. The molecule has 1 heterocycles. The number of ether oxygens (including phenoxy) is 1. The van der Waals surface area contributed by atoms with Crippen molar-refractivity contribution in [3.8, 4) is 10.6 Å². The van der Waals surface area contributed by atoms with Crippen molar-refractivity contribution in [2.75, 3.05) is 30.5 Å². The predicted octanol–water partition coefficient (Wildman–Crippen LogP) is 1.86. The molecule has 0 aliphatic carbocycles. The Kier molecular flexibility index (Phi) is 8.19. The van der Waals surface area contributed by atoms with Crippen LogP contribution in [0, 0.1) is 10.1 Å². The summed E-state index contributed by atoms with van der Waals surface area (Å²) in [7, 11) is 0. The number of benzene rings is 1. The second-order valence-electron chi connectivity index (χ2n) is 5.13. The van der Waals surface area contributed by atoms with Gasteiger partial charge in [-0.3, -0.25) is 19.5 Å². The maximum Gasteiger partial charge on any atom is 0.319 e. The fraction of sp³-hybridized carbons (Fsp3) is 0.357. The van der Waals surface area contributed by atoms with Gasteiger partial charge in [0.2, 0.25) is 5.13 Å². The number of aromatic nitrogens is 2. The number of rotatable bonds is 10. The van der Waals surface area contributed by atoms with Gasteiger partial charge >= 0.3 is 5.97 Å². The van der Waals surface area contributed by atoms with Crippen LogP contribution in [-0.2, 0) is 20.8 Å². The first-order chi connectivity index (χ1) is 13.3. The Morgan fingerprint density at radius 1 is 1.50 bits per heavy atom. The molecule has 0 fully saturated rings. The van der Waals surface area contributed by atoms with Gasteiger partial charge in [0.05, 0.1) is 23.1 Å². The van der Waals surface area contributed by atoms with Crippen LogP contribution in [0.5, 0.6) is 0 Å². The van der Waals surface area contributed by atoms with Crippen molar-refractivity contribution in [2.24, 2.45) is 0 Å². The van der Waals surface area contributed by atoms with E-state index < -0.39 is 22.2 Å². The molecule has 28 heavy (non-hydrogen) atoms. The van der Waals surface area contributed by atoms with Gasteiger partial charge < -0.3 is 10.1 Å². The van der Waals surface area contributed by atoms with Gasteiger partial charge in [-0.05, 0) is 13.0 Å². The zero-order chi connectivity index (χ0) is 20.7. The molecule has 0 radical (unpaired) electrons. The van der Waals surface area contributed by atoms with E-state index in [0.717, 1.165) is 15.6 Å². The normalized spacial score (nSPS) is 11.8. The number of esters is 1. The first-order valence-electron chi connectivity index (χ1n) is 7.86. The van der Waals surface area contributed by atoms with Crippen LogP contribution in [0.3, 0.4) is 0 Å². The monoisotopic (exact) mass is 449 g/mol. The van der Waals surface area contributed by atoms with Crippen molar-refractivity contribution < 1.29 is 23.2 Å². The Bertz CT molecular complexity index is 880. The van der Waals surface area contributed by atoms with Gasteiger partial charge in [0, 0.05) is 30.8 Å². The van der Waals surface area contributed by atoms with E-state index in [1.54, 1.807) is 6.92 Å². The zero-order valence-electron chi connectivity index (χ0n) is 14.5. The second-order valence-corrected chi connectivity index (χ2v) is 7.39. The number of halogens is 1. The lowest BCUT2D eigenvalue weighted by Gasteiger charge is -2.16.